The van der Waals surface area contributed by atoms with Crippen molar-refractivity contribution in [3.8, 4) is 11.7 Å². The highest BCUT2D eigenvalue weighted by Crippen LogP contribution is 2.20. The molecule has 2 aromatic heterocycles. The molecule has 2 aromatic rings. The van der Waals surface area contributed by atoms with Crippen molar-refractivity contribution < 1.29 is 13.7 Å². The maximum Gasteiger partial charge on any atom is 0.293 e. The standard InChI is InChI=1S/C10H13N3O3/c1-14-5-4-9-12-10(16-13-9)8-3-2-7(6-11)15-8/h2-3H,4-6,11H2,1H3. The van der Waals surface area contributed by atoms with E-state index in [0.717, 1.165) is 0 Å². The maximum atomic E-state index is 5.44. The Bertz CT molecular complexity index is 450. The van der Waals surface area contributed by atoms with Gasteiger partial charge in [0.1, 0.15) is 5.76 Å². The second kappa shape index (κ2) is 4.91. The SMILES string of the molecule is COCCc1noc(-c2ccc(CN)o2)n1. The van der Waals surface area contributed by atoms with Crippen molar-refractivity contribution in [3.63, 3.8) is 0 Å². The minimum atomic E-state index is 0.352. The number of aromatic nitrogens is 2. The van der Waals surface area contributed by atoms with E-state index in [1.54, 1.807) is 19.2 Å². The first-order valence-electron chi connectivity index (χ1n) is 4.94. The van der Waals surface area contributed by atoms with E-state index in [9.17, 15) is 0 Å². The molecule has 0 saturated heterocycles. The molecule has 2 N–H and O–H groups in total. The number of methoxy groups -OCH3 is 1. The van der Waals surface area contributed by atoms with Crippen LogP contribution in [0.3, 0.4) is 0 Å². The van der Waals surface area contributed by atoms with Gasteiger partial charge in [0.05, 0.1) is 13.2 Å². The Kier molecular flexibility index (Phi) is 3.33. The Morgan fingerprint density at radius 1 is 1.44 bits per heavy atom. The molecule has 16 heavy (non-hydrogen) atoms. The zero-order valence-corrected chi connectivity index (χ0v) is 8.97. The molecule has 2 heterocycles. The summed E-state index contributed by atoms with van der Waals surface area (Å²) in [6.07, 6.45) is 0.616. The lowest BCUT2D eigenvalue weighted by Gasteiger charge is -1.90. The third-order valence-corrected chi connectivity index (χ3v) is 2.07. The van der Waals surface area contributed by atoms with Gasteiger partial charge in [0.15, 0.2) is 11.6 Å². The van der Waals surface area contributed by atoms with Crippen LogP contribution < -0.4 is 5.73 Å². The summed E-state index contributed by atoms with van der Waals surface area (Å²) in [5.74, 6) is 2.19. The van der Waals surface area contributed by atoms with Gasteiger partial charge >= 0.3 is 0 Å². The number of nitrogens with two attached hydrogens (primary N) is 1. The lowest BCUT2D eigenvalue weighted by molar-refractivity contribution is 0.199. The lowest BCUT2D eigenvalue weighted by atomic mass is 10.4. The minimum Gasteiger partial charge on any atom is -0.455 e. The molecule has 0 saturated carbocycles. The molecule has 0 bridgehead atoms. The van der Waals surface area contributed by atoms with Gasteiger partial charge in [0.25, 0.3) is 5.89 Å². The van der Waals surface area contributed by atoms with E-state index in [1.165, 1.54) is 0 Å². The van der Waals surface area contributed by atoms with E-state index in [1.807, 2.05) is 0 Å². The third-order valence-electron chi connectivity index (χ3n) is 2.07. The molecule has 6 heteroatoms. The van der Waals surface area contributed by atoms with Gasteiger partial charge in [-0.2, -0.15) is 4.98 Å². The predicted octanol–water partition coefficient (Wildman–Crippen LogP) is 0.977. The van der Waals surface area contributed by atoms with Gasteiger partial charge in [-0.05, 0) is 12.1 Å². The molecule has 0 aromatic carbocycles. The summed E-state index contributed by atoms with van der Waals surface area (Å²) in [4.78, 5) is 4.17. The predicted molar refractivity (Wildman–Crippen MR) is 55.5 cm³/mol. The Morgan fingerprint density at radius 3 is 3.00 bits per heavy atom. The summed E-state index contributed by atoms with van der Waals surface area (Å²) in [6.45, 7) is 0.913. The van der Waals surface area contributed by atoms with Crippen molar-refractivity contribution in [2.45, 2.75) is 13.0 Å². The number of rotatable bonds is 5. The summed E-state index contributed by atoms with van der Waals surface area (Å²) < 4.78 is 15.4. The monoisotopic (exact) mass is 223 g/mol. The van der Waals surface area contributed by atoms with Gasteiger partial charge in [-0.1, -0.05) is 5.16 Å². The van der Waals surface area contributed by atoms with Crippen molar-refractivity contribution in [2.75, 3.05) is 13.7 Å². The highest BCUT2D eigenvalue weighted by molar-refractivity contribution is 5.44. The molecular weight excluding hydrogens is 210 g/mol. The summed E-state index contributed by atoms with van der Waals surface area (Å²) in [5.41, 5.74) is 5.44. The zero-order chi connectivity index (χ0) is 11.4. The average Bonchev–Trinajstić information content (AvgIpc) is 2.94. The van der Waals surface area contributed by atoms with Crippen LogP contribution in [0.4, 0.5) is 0 Å². The normalized spacial score (nSPS) is 10.9. The van der Waals surface area contributed by atoms with Gasteiger partial charge in [-0.3, -0.25) is 0 Å². The molecule has 86 valence electrons. The topological polar surface area (TPSA) is 87.3 Å². The van der Waals surface area contributed by atoms with Crippen LogP contribution in [0, 0.1) is 0 Å². The summed E-state index contributed by atoms with van der Waals surface area (Å²) in [5, 5.41) is 3.81. The molecule has 6 nitrogen and oxygen atoms in total. The molecule has 0 aliphatic rings. The fourth-order valence-corrected chi connectivity index (χ4v) is 1.25. The van der Waals surface area contributed by atoms with E-state index >= 15 is 0 Å². The van der Waals surface area contributed by atoms with Crippen molar-refractivity contribution in [3.05, 3.63) is 23.7 Å². The Balaban J connectivity index is 2.11. The molecule has 0 fully saturated rings. The Hall–Kier alpha value is -1.66. The lowest BCUT2D eigenvalue weighted by Crippen LogP contribution is -1.96. The molecule has 0 aliphatic carbocycles. The van der Waals surface area contributed by atoms with Crippen molar-refractivity contribution in [2.24, 2.45) is 5.73 Å². The molecule has 0 atom stereocenters. The summed E-state index contributed by atoms with van der Waals surface area (Å²) in [6, 6.07) is 3.55. The fraction of sp³-hybridized carbons (Fsp3) is 0.400. The highest BCUT2D eigenvalue weighted by atomic mass is 16.5. The number of hydrogen-bond donors (Lipinski definition) is 1. The molecule has 0 amide bonds. The summed E-state index contributed by atoms with van der Waals surface area (Å²) >= 11 is 0. The van der Waals surface area contributed by atoms with Crippen LogP contribution in [0.5, 0.6) is 0 Å². The van der Waals surface area contributed by atoms with Crippen LogP contribution in [0.1, 0.15) is 11.6 Å². The number of nitrogens with zero attached hydrogens (tertiary/aromatic N) is 2. The summed E-state index contributed by atoms with van der Waals surface area (Å²) in [7, 11) is 1.63. The number of ether oxygens (including phenoxy) is 1. The molecule has 0 aliphatic heterocycles. The van der Waals surface area contributed by atoms with E-state index in [4.69, 9.17) is 19.4 Å². The van der Waals surface area contributed by atoms with Crippen LogP contribution in [0.2, 0.25) is 0 Å². The quantitative estimate of drug-likeness (QED) is 0.812. The second-order valence-electron chi connectivity index (χ2n) is 3.23. The van der Waals surface area contributed by atoms with E-state index < -0.39 is 0 Å². The van der Waals surface area contributed by atoms with Gasteiger partial charge < -0.3 is 19.4 Å². The Morgan fingerprint density at radius 2 is 2.31 bits per heavy atom. The average molecular weight is 223 g/mol. The third kappa shape index (κ3) is 2.29. The maximum absolute atomic E-state index is 5.44. The van der Waals surface area contributed by atoms with Crippen LogP contribution in [-0.4, -0.2) is 23.9 Å². The smallest absolute Gasteiger partial charge is 0.293 e. The molecular formula is C10H13N3O3. The largest absolute Gasteiger partial charge is 0.455 e. The van der Waals surface area contributed by atoms with E-state index in [0.29, 0.717) is 42.8 Å². The van der Waals surface area contributed by atoms with E-state index in [2.05, 4.69) is 10.1 Å². The highest BCUT2D eigenvalue weighted by Gasteiger charge is 2.12. The zero-order valence-electron chi connectivity index (χ0n) is 8.97. The fourth-order valence-electron chi connectivity index (χ4n) is 1.25. The Labute approximate surface area is 92.4 Å². The van der Waals surface area contributed by atoms with Gasteiger partial charge in [-0.15, -0.1) is 0 Å². The van der Waals surface area contributed by atoms with Gasteiger partial charge in [0.2, 0.25) is 0 Å². The minimum absolute atomic E-state index is 0.352. The van der Waals surface area contributed by atoms with E-state index in [-0.39, 0.29) is 0 Å². The van der Waals surface area contributed by atoms with Crippen molar-refractivity contribution in [1.29, 1.82) is 0 Å². The van der Waals surface area contributed by atoms with Gasteiger partial charge in [-0.25, -0.2) is 0 Å². The first-order chi connectivity index (χ1) is 7.83. The number of hydrogen-bond acceptors (Lipinski definition) is 6. The first-order valence-corrected chi connectivity index (χ1v) is 4.94. The van der Waals surface area contributed by atoms with Crippen LogP contribution in [0.25, 0.3) is 11.7 Å². The van der Waals surface area contributed by atoms with Crippen LogP contribution >= 0.6 is 0 Å². The van der Waals surface area contributed by atoms with Crippen LogP contribution in [0.15, 0.2) is 21.1 Å². The molecule has 2 rings (SSSR count). The molecule has 0 unspecified atom stereocenters. The van der Waals surface area contributed by atoms with Crippen molar-refractivity contribution >= 4 is 0 Å². The molecule has 0 radical (unpaired) electrons. The first kappa shape index (κ1) is 10.8. The van der Waals surface area contributed by atoms with Gasteiger partial charge in [0, 0.05) is 13.5 Å². The second-order valence-corrected chi connectivity index (χ2v) is 3.23. The molecule has 0 spiro atoms. The number of furan rings is 1. The van der Waals surface area contributed by atoms with Crippen molar-refractivity contribution in [1.82, 2.24) is 10.1 Å². The van der Waals surface area contributed by atoms with Crippen LogP contribution in [-0.2, 0) is 17.7 Å².